The highest BCUT2D eigenvalue weighted by Gasteiger charge is 2.36. The van der Waals surface area contributed by atoms with Crippen LogP contribution >= 0.6 is 0 Å². The van der Waals surface area contributed by atoms with E-state index in [1.807, 2.05) is 60.7 Å². The van der Waals surface area contributed by atoms with Gasteiger partial charge in [0.1, 0.15) is 11.7 Å². The molecule has 4 heteroatoms. The average Bonchev–Trinajstić information content (AvgIpc) is 2.62. The van der Waals surface area contributed by atoms with Gasteiger partial charge in [-0.25, -0.2) is 9.59 Å². The van der Waals surface area contributed by atoms with Crippen LogP contribution in [0.4, 0.5) is 0 Å². The number of esters is 2. The Hall–Kier alpha value is -2.88. The molecular formula is C19H16O4. The van der Waals surface area contributed by atoms with E-state index in [1.165, 1.54) is 7.11 Å². The topological polar surface area (TPSA) is 52.6 Å². The second-order valence-corrected chi connectivity index (χ2v) is 5.24. The molecule has 0 radical (unpaired) electrons. The SMILES string of the molecule is COC(=O)C1=C[C@H](c2ccccc2)[C@@H](c2ccccc2)OC1=O. The standard InChI is InChI=1S/C19H16O4/c1-22-18(20)16-12-15(13-8-4-2-5-9-13)17(23-19(16)21)14-10-6-3-7-11-14/h2-12,15,17H,1H3/t15-,17-/m1/s1. The van der Waals surface area contributed by atoms with Crippen LogP contribution in [-0.4, -0.2) is 19.0 Å². The van der Waals surface area contributed by atoms with Gasteiger partial charge in [-0.2, -0.15) is 0 Å². The summed E-state index contributed by atoms with van der Waals surface area (Å²) in [4.78, 5) is 24.0. The Balaban J connectivity index is 2.08. The normalized spacial score (nSPS) is 20.4. The summed E-state index contributed by atoms with van der Waals surface area (Å²) in [7, 11) is 1.25. The van der Waals surface area contributed by atoms with Gasteiger partial charge in [0.05, 0.1) is 7.11 Å². The lowest BCUT2D eigenvalue weighted by Crippen LogP contribution is -2.28. The van der Waals surface area contributed by atoms with Gasteiger partial charge in [0, 0.05) is 5.92 Å². The fraction of sp³-hybridized carbons (Fsp3) is 0.158. The third-order valence-electron chi connectivity index (χ3n) is 3.84. The lowest BCUT2D eigenvalue weighted by atomic mass is 9.85. The van der Waals surface area contributed by atoms with Crippen LogP contribution in [0.25, 0.3) is 0 Å². The molecule has 0 bridgehead atoms. The second kappa shape index (κ2) is 6.48. The predicted octanol–water partition coefficient (Wildman–Crippen LogP) is 3.17. The van der Waals surface area contributed by atoms with E-state index < -0.39 is 18.0 Å². The minimum Gasteiger partial charge on any atom is -0.465 e. The minimum absolute atomic E-state index is 0.0615. The highest BCUT2D eigenvalue weighted by molar-refractivity contribution is 6.14. The first-order valence-electron chi connectivity index (χ1n) is 7.31. The molecule has 1 heterocycles. The predicted molar refractivity (Wildman–Crippen MR) is 84.6 cm³/mol. The van der Waals surface area contributed by atoms with Gasteiger partial charge in [-0.05, 0) is 11.1 Å². The Morgan fingerprint density at radius 3 is 2.09 bits per heavy atom. The van der Waals surface area contributed by atoms with E-state index in [9.17, 15) is 9.59 Å². The van der Waals surface area contributed by atoms with Crippen LogP contribution in [-0.2, 0) is 19.1 Å². The molecule has 0 fully saturated rings. The van der Waals surface area contributed by atoms with Gasteiger partial charge in [-0.3, -0.25) is 0 Å². The molecule has 0 aromatic heterocycles. The molecule has 1 aliphatic rings. The number of hydrogen-bond donors (Lipinski definition) is 0. The number of rotatable bonds is 3. The van der Waals surface area contributed by atoms with Crippen LogP contribution in [0.2, 0.25) is 0 Å². The van der Waals surface area contributed by atoms with E-state index in [0.717, 1.165) is 11.1 Å². The molecule has 0 saturated heterocycles. The summed E-state index contributed by atoms with van der Waals surface area (Å²) in [5, 5.41) is 0. The van der Waals surface area contributed by atoms with Gasteiger partial charge < -0.3 is 9.47 Å². The third kappa shape index (κ3) is 3.01. The maximum absolute atomic E-state index is 12.2. The fourth-order valence-electron chi connectivity index (χ4n) is 2.71. The number of hydrogen-bond acceptors (Lipinski definition) is 4. The highest BCUT2D eigenvalue weighted by atomic mass is 16.6. The molecule has 116 valence electrons. The average molecular weight is 308 g/mol. The van der Waals surface area contributed by atoms with Gasteiger partial charge in [-0.1, -0.05) is 66.7 Å². The summed E-state index contributed by atoms with van der Waals surface area (Å²) in [6, 6.07) is 19.2. The minimum atomic E-state index is -0.678. The Kier molecular flexibility index (Phi) is 4.24. The van der Waals surface area contributed by atoms with Crippen LogP contribution < -0.4 is 0 Å². The van der Waals surface area contributed by atoms with Crippen molar-refractivity contribution in [3.63, 3.8) is 0 Å². The molecule has 1 aliphatic heterocycles. The molecule has 0 spiro atoms. The molecule has 2 aromatic rings. The Labute approximate surface area is 134 Å². The van der Waals surface area contributed by atoms with Crippen LogP contribution in [0.1, 0.15) is 23.1 Å². The van der Waals surface area contributed by atoms with Crippen molar-refractivity contribution >= 4 is 11.9 Å². The molecule has 2 atom stereocenters. The zero-order valence-corrected chi connectivity index (χ0v) is 12.6. The molecule has 23 heavy (non-hydrogen) atoms. The largest absolute Gasteiger partial charge is 0.465 e. The third-order valence-corrected chi connectivity index (χ3v) is 3.84. The van der Waals surface area contributed by atoms with E-state index in [-0.39, 0.29) is 11.5 Å². The van der Waals surface area contributed by atoms with Crippen molar-refractivity contribution < 1.29 is 19.1 Å². The molecule has 0 amide bonds. The van der Waals surface area contributed by atoms with Crippen molar-refractivity contribution in [2.45, 2.75) is 12.0 Å². The monoisotopic (exact) mass is 308 g/mol. The van der Waals surface area contributed by atoms with Crippen LogP contribution in [0.15, 0.2) is 72.3 Å². The summed E-state index contributed by atoms with van der Waals surface area (Å²) in [6.45, 7) is 0. The quantitative estimate of drug-likeness (QED) is 0.645. The van der Waals surface area contributed by atoms with Gasteiger partial charge in [0.25, 0.3) is 0 Å². The van der Waals surface area contributed by atoms with Gasteiger partial charge in [-0.15, -0.1) is 0 Å². The van der Waals surface area contributed by atoms with Crippen molar-refractivity contribution in [1.29, 1.82) is 0 Å². The molecular weight excluding hydrogens is 292 g/mol. The van der Waals surface area contributed by atoms with Crippen molar-refractivity contribution in [2.24, 2.45) is 0 Å². The number of carbonyl (C=O) groups excluding carboxylic acids is 2. The number of methoxy groups -OCH3 is 1. The molecule has 0 aliphatic carbocycles. The molecule has 0 N–H and O–H groups in total. The van der Waals surface area contributed by atoms with Crippen molar-refractivity contribution in [1.82, 2.24) is 0 Å². The van der Waals surface area contributed by atoms with Gasteiger partial charge in [0.15, 0.2) is 0 Å². The smallest absolute Gasteiger partial charge is 0.345 e. The van der Waals surface area contributed by atoms with E-state index in [2.05, 4.69) is 4.74 Å². The molecule has 0 unspecified atom stereocenters. The second-order valence-electron chi connectivity index (χ2n) is 5.24. The van der Waals surface area contributed by atoms with Crippen molar-refractivity contribution in [3.05, 3.63) is 83.4 Å². The first-order chi connectivity index (χ1) is 11.2. The summed E-state index contributed by atoms with van der Waals surface area (Å²) < 4.78 is 10.2. The number of carbonyl (C=O) groups is 2. The van der Waals surface area contributed by atoms with E-state index >= 15 is 0 Å². The maximum Gasteiger partial charge on any atom is 0.345 e. The summed E-state index contributed by atoms with van der Waals surface area (Å²) in [6.07, 6.45) is 1.17. The van der Waals surface area contributed by atoms with Crippen LogP contribution in [0.5, 0.6) is 0 Å². The van der Waals surface area contributed by atoms with E-state index in [1.54, 1.807) is 6.08 Å². The van der Waals surface area contributed by atoms with E-state index in [0.29, 0.717) is 0 Å². The Morgan fingerprint density at radius 2 is 1.52 bits per heavy atom. The zero-order chi connectivity index (χ0) is 16.2. The number of cyclic esters (lactones) is 1. The summed E-state index contributed by atoms with van der Waals surface area (Å²) in [5.41, 5.74) is 1.79. The Bertz CT molecular complexity index is 734. The molecule has 2 aromatic carbocycles. The fourth-order valence-corrected chi connectivity index (χ4v) is 2.71. The number of benzene rings is 2. The van der Waals surface area contributed by atoms with Gasteiger partial charge >= 0.3 is 11.9 Å². The summed E-state index contributed by atoms with van der Waals surface area (Å²) in [5.74, 6) is -1.58. The lowest BCUT2D eigenvalue weighted by Gasteiger charge is -2.30. The van der Waals surface area contributed by atoms with Gasteiger partial charge in [0.2, 0.25) is 0 Å². The zero-order valence-electron chi connectivity index (χ0n) is 12.6. The Morgan fingerprint density at radius 1 is 0.957 bits per heavy atom. The maximum atomic E-state index is 12.2. The van der Waals surface area contributed by atoms with Crippen LogP contribution in [0.3, 0.4) is 0 Å². The lowest BCUT2D eigenvalue weighted by molar-refractivity contribution is -0.151. The first-order valence-corrected chi connectivity index (χ1v) is 7.31. The van der Waals surface area contributed by atoms with Crippen molar-refractivity contribution in [3.8, 4) is 0 Å². The molecule has 0 saturated carbocycles. The first kappa shape index (κ1) is 15.0. The molecule has 3 rings (SSSR count). The number of ether oxygens (including phenoxy) is 2. The van der Waals surface area contributed by atoms with Crippen LogP contribution in [0, 0.1) is 0 Å². The highest BCUT2D eigenvalue weighted by Crippen LogP contribution is 2.39. The molecule has 4 nitrogen and oxygen atoms in total. The summed E-state index contributed by atoms with van der Waals surface area (Å²) >= 11 is 0. The van der Waals surface area contributed by atoms with E-state index in [4.69, 9.17) is 4.74 Å². The van der Waals surface area contributed by atoms with Crippen molar-refractivity contribution in [2.75, 3.05) is 7.11 Å².